The smallest absolute Gasteiger partial charge is 0.344 e. The molecular formula is C43H62O26. The Labute approximate surface area is 397 Å². The third kappa shape index (κ3) is 54.1. The normalized spacial score (nSPS) is 9.04. The summed E-state index contributed by atoms with van der Waals surface area (Å²) in [6.45, 7) is 18.4. The maximum Gasteiger partial charge on any atom is 0.344 e. The molecular weight excluding hydrogens is 932 g/mol. The van der Waals surface area contributed by atoms with Gasteiger partial charge in [-0.05, 0) is 20.8 Å². The van der Waals surface area contributed by atoms with E-state index in [-0.39, 0.29) is 103 Å². The molecule has 0 spiro atoms. The highest BCUT2D eigenvalue weighted by atomic mass is 16.6. The first-order chi connectivity index (χ1) is 31.2. The van der Waals surface area contributed by atoms with Crippen LogP contribution in [0.2, 0.25) is 0 Å². The van der Waals surface area contributed by atoms with Gasteiger partial charge in [-0.1, -0.05) is 47.7 Å². The van der Waals surface area contributed by atoms with Gasteiger partial charge in [-0.2, -0.15) is 0 Å². The van der Waals surface area contributed by atoms with Crippen molar-refractivity contribution in [1.29, 1.82) is 0 Å². The standard InChI is InChI=1S/C15H20O8.C10H14O6.C9H12O6.C7H8O6.2CH4/c1-9(2)14(19)21-7-11(8-22-15(20)10(3)4)23-13(18)6-5-12(16)17;1-7(2)10(14)16-6-5-15-9(13)4-3-8(11)12;1-2-8(12)14-5-6-15-9(13)4-3-7(10)11;1-2-6(10)13-4-7(11)12-3-5(8)9;;/h11H,1,3,5-8H2,2,4H3,(H,16,17);1,3-6H2,2H3,(H,11,12);2H,1,3-6H2,(H,10,11);2H,1,3-4H2,(H,8,9);2*1H4. The summed E-state index contributed by atoms with van der Waals surface area (Å²) in [6.07, 6.45) is -0.860. The Morgan fingerprint density at radius 3 is 1.09 bits per heavy atom. The number of carboxylic acid groups (broad SMARTS) is 4. The highest BCUT2D eigenvalue weighted by Crippen LogP contribution is 2.05. The third-order valence-electron chi connectivity index (χ3n) is 5.97. The van der Waals surface area contributed by atoms with E-state index in [9.17, 15) is 62.3 Å². The van der Waals surface area contributed by atoms with Gasteiger partial charge < -0.3 is 63.1 Å². The van der Waals surface area contributed by atoms with E-state index in [4.69, 9.17) is 34.6 Å². The maximum atomic E-state index is 11.5. The molecule has 0 rings (SSSR count). The van der Waals surface area contributed by atoms with Gasteiger partial charge >= 0.3 is 77.6 Å². The summed E-state index contributed by atoms with van der Waals surface area (Å²) in [5, 5.41) is 33.1. The average Bonchev–Trinajstić information content (AvgIpc) is 3.26. The highest BCUT2D eigenvalue weighted by Gasteiger charge is 2.20. The van der Waals surface area contributed by atoms with E-state index in [1.807, 2.05) is 0 Å². The monoisotopic (exact) mass is 994 g/mol. The van der Waals surface area contributed by atoms with Gasteiger partial charge in [-0.15, -0.1) is 0 Å². The minimum atomic E-state index is -1.27. The Morgan fingerprint density at radius 1 is 0.406 bits per heavy atom. The van der Waals surface area contributed by atoms with E-state index in [1.165, 1.54) is 20.8 Å². The van der Waals surface area contributed by atoms with Crippen LogP contribution >= 0.6 is 0 Å². The molecule has 0 aliphatic carbocycles. The van der Waals surface area contributed by atoms with Crippen LogP contribution < -0.4 is 0 Å². The molecule has 26 nitrogen and oxygen atoms in total. The summed E-state index contributed by atoms with van der Waals surface area (Å²) in [7, 11) is 0. The van der Waals surface area contributed by atoms with Crippen LogP contribution in [0, 0.1) is 0 Å². The Balaban J connectivity index is -0.000000194. The molecule has 0 fully saturated rings. The average molecular weight is 995 g/mol. The maximum absolute atomic E-state index is 11.5. The first-order valence-corrected chi connectivity index (χ1v) is 18.8. The van der Waals surface area contributed by atoms with E-state index < -0.39 is 103 Å². The number of ether oxygens (including phenoxy) is 9. The van der Waals surface area contributed by atoms with Crippen molar-refractivity contribution < 1.29 is 125 Å². The first kappa shape index (κ1) is 72.4. The third-order valence-corrected chi connectivity index (χ3v) is 5.97. The summed E-state index contributed by atoms with van der Waals surface area (Å²) in [5.74, 6) is -10.9. The second-order valence-electron chi connectivity index (χ2n) is 12.1. The zero-order chi connectivity index (χ0) is 52.5. The Hall–Kier alpha value is -8.19. The van der Waals surface area contributed by atoms with E-state index in [2.05, 4.69) is 61.3 Å². The van der Waals surface area contributed by atoms with Crippen LogP contribution in [0.3, 0.4) is 0 Å². The zero-order valence-electron chi connectivity index (χ0n) is 36.9. The van der Waals surface area contributed by atoms with Crippen LogP contribution in [0.5, 0.6) is 0 Å². The quantitative estimate of drug-likeness (QED) is 0.0361. The summed E-state index contributed by atoms with van der Waals surface area (Å²) in [6, 6.07) is 0. The predicted octanol–water partition coefficient (Wildman–Crippen LogP) is 2.25. The van der Waals surface area contributed by atoms with Gasteiger partial charge in [0.05, 0.1) is 38.5 Å². The fourth-order valence-electron chi connectivity index (χ4n) is 2.86. The number of aliphatic carboxylic acids is 4. The lowest BCUT2D eigenvalue weighted by atomic mass is 10.3. The number of hydrogen-bond donors (Lipinski definition) is 4. The fourth-order valence-corrected chi connectivity index (χ4v) is 2.86. The van der Waals surface area contributed by atoms with Crippen LogP contribution in [-0.2, 0) is 105 Å². The molecule has 0 aliphatic heterocycles. The van der Waals surface area contributed by atoms with Crippen LogP contribution in [0.25, 0.3) is 0 Å². The lowest BCUT2D eigenvalue weighted by Crippen LogP contribution is -2.31. The Bertz CT molecular complexity index is 1760. The van der Waals surface area contributed by atoms with Gasteiger partial charge in [0.2, 0.25) is 0 Å². The molecule has 0 heterocycles. The minimum Gasteiger partial charge on any atom is -0.481 e. The molecule has 0 bridgehead atoms. The van der Waals surface area contributed by atoms with Gasteiger partial charge in [0, 0.05) is 28.9 Å². The molecule has 0 atom stereocenters. The zero-order valence-corrected chi connectivity index (χ0v) is 36.9. The van der Waals surface area contributed by atoms with Gasteiger partial charge in [-0.3, -0.25) is 28.8 Å². The minimum absolute atomic E-state index is 0. The van der Waals surface area contributed by atoms with E-state index in [0.717, 1.165) is 12.2 Å². The molecule has 26 heteroatoms. The SMILES string of the molecule is C.C.C=C(C)C(=O)OCC(COC(=O)C(=C)C)OC(=O)CCC(=O)O.C=C(C)C(=O)OCCOC(=O)CCC(=O)O.C=CC(=O)OCC(=O)OCC(=O)O.C=CC(=O)OCCOC(=O)CCC(=O)O. The van der Waals surface area contributed by atoms with E-state index in [1.54, 1.807) is 0 Å². The Morgan fingerprint density at radius 2 is 0.739 bits per heavy atom. The first-order valence-electron chi connectivity index (χ1n) is 18.8. The molecule has 0 radical (unpaired) electrons. The van der Waals surface area contributed by atoms with E-state index >= 15 is 0 Å². The second-order valence-corrected chi connectivity index (χ2v) is 12.1. The summed E-state index contributed by atoms with van der Waals surface area (Å²) in [4.78, 5) is 139. The largest absolute Gasteiger partial charge is 0.481 e. The van der Waals surface area contributed by atoms with Gasteiger partial charge in [0.1, 0.15) is 39.6 Å². The lowest BCUT2D eigenvalue weighted by molar-refractivity contribution is -0.165. The molecule has 0 amide bonds. The number of carboxylic acids is 4. The number of esters is 9. The number of carbonyl (C=O) groups excluding carboxylic acids is 9. The number of carbonyl (C=O) groups is 13. The van der Waals surface area contributed by atoms with Crippen molar-refractivity contribution in [2.24, 2.45) is 0 Å². The predicted molar refractivity (Wildman–Crippen MR) is 234 cm³/mol. The molecule has 0 aromatic heterocycles. The van der Waals surface area contributed by atoms with Gasteiger partial charge in [0.25, 0.3) is 0 Å². The second kappa shape index (κ2) is 45.0. The molecule has 0 saturated carbocycles. The van der Waals surface area contributed by atoms with Gasteiger partial charge in [0.15, 0.2) is 19.3 Å². The number of hydrogen-bond acceptors (Lipinski definition) is 22. The van der Waals surface area contributed by atoms with Crippen molar-refractivity contribution in [3.8, 4) is 0 Å². The molecule has 0 aromatic carbocycles. The van der Waals surface area contributed by atoms with Crippen LogP contribution in [0.4, 0.5) is 0 Å². The van der Waals surface area contributed by atoms with Crippen molar-refractivity contribution in [1.82, 2.24) is 0 Å². The van der Waals surface area contributed by atoms with Gasteiger partial charge in [-0.25, -0.2) is 33.6 Å². The molecule has 0 aliphatic rings. The highest BCUT2D eigenvalue weighted by molar-refractivity contribution is 5.88. The van der Waals surface area contributed by atoms with Crippen molar-refractivity contribution in [2.45, 2.75) is 80.3 Å². The molecule has 0 unspecified atom stereocenters. The Kier molecular flexibility index (Phi) is 47.2. The molecule has 0 saturated heterocycles. The summed E-state index contributed by atoms with van der Waals surface area (Å²) >= 11 is 0. The van der Waals surface area contributed by atoms with E-state index in [0.29, 0.717) is 0 Å². The van der Waals surface area contributed by atoms with Crippen LogP contribution in [0.1, 0.15) is 74.1 Å². The van der Waals surface area contributed by atoms with Crippen molar-refractivity contribution in [2.75, 3.05) is 52.9 Å². The van der Waals surface area contributed by atoms with Crippen LogP contribution in [-0.4, -0.2) is 157 Å². The van der Waals surface area contributed by atoms with Crippen molar-refractivity contribution in [3.05, 3.63) is 61.8 Å². The fraction of sp³-hybridized carbons (Fsp3) is 0.465. The molecule has 0 aromatic rings. The summed E-state index contributed by atoms with van der Waals surface area (Å²) < 4.78 is 41.4. The lowest BCUT2D eigenvalue weighted by Gasteiger charge is -2.18. The molecule has 390 valence electrons. The molecule has 4 N–H and O–H groups in total. The van der Waals surface area contributed by atoms with Crippen molar-refractivity contribution >= 4 is 77.6 Å². The van der Waals surface area contributed by atoms with Crippen LogP contribution in [0.15, 0.2) is 61.8 Å². The topological polar surface area (TPSA) is 386 Å². The number of rotatable bonds is 29. The summed E-state index contributed by atoms with van der Waals surface area (Å²) in [5.41, 5.74) is 0.567. The van der Waals surface area contributed by atoms with Crippen molar-refractivity contribution in [3.63, 3.8) is 0 Å². The molecule has 69 heavy (non-hydrogen) atoms.